The number of nitrogens with zero attached hydrogens (tertiary/aromatic N) is 4. The Labute approximate surface area is 329 Å². The van der Waals surface area contributed by atoms with Crippen LogP contribution in [0.2, 0.25) is 0 Å². The number of amides is 1. The standard InChI is InChI=1S/C39H42F2N4O2.C4H6O6/c1-4-28-14-18-30(19-15-28)31-20-16-29(17-21-31)26-44(25-24-43(5-2)6-3)37(46)27-45-35-13-8-7-11-33(35)39(47)42-36(45)23-22-32-10-9-12-34(40)38(32)41;5-1(3(7)8)2(6)4(9)10/h7-21H,4-6,22-27H2,1-3H3;1-2,5-6H,(H,7,8)(H,9,10). The van der Waals surface area contributed by atoms with Crippen molar-refractivity contribution < 1.29 is 43.6 Å². The largest absolute Gasteiger partial charge is 0.479 e. The Bertz CT molecular complexity index is 2170. The Balaban J connectivity index is 0.000000635. The van der Waals surface area contributed by atoms with Crippen molar-refractivity contribution in [3.63, 3.8) is 0 Å². The summed E-state index contributed by atoms with van der Waals surface area (Å²) < 4.78 is 30.2. The normalized spacial score (nSPS) is 12.1. The number of aromatic nitrogens is 2. The zero-order valence-corrected chi connectivity index (χ0v) is 32.1. The minimum atomic E-state index is -2.27. The van der Waals surface area contributed by atoms with Gasteiger partial charge in [-0.1, -0.05) is 93.6 Å². The van der Waals surface area contributed by atoms with Crippen LogP contribution in [0.4, 0.5) is 8.78 Å². The van der Waals surface area contributed by atoms with Gasteiger partial charge in [-0.2, -0.15) is 4.98 Å². The van der Waals surface area contributed by atoms with Gasteiger partial charge in [-0.25, -0.2) is 18.4 Å². The van der Waals surface area contributed by atoms with Crippen molar-refractivity contribution in [2.24, 2.45) is 0 Å². The van der Waals surface area contributed by atoms with Crippen LogP contribution in [-0.4, -0.2) is 96.0 Å². The van der Waals surface area contributed by atoms with Crippen molar-refractivity contribution >= 4 is 28.7 Å². The van der Waals surface area contributed by atoms with Gasteiger partial charge in [-0.3, -0.25) is 9.59 Å². The van der Waals surface area contributed by atoms with E-state index in [1.54, 1.807) is 22.8 Å². The lowest BCUT2D eigenvalue weighted by Crippen LogP contribution is -2.40. The Morgan fingerprint density at radius 1 is 0.737 bits per heavy atom. The molecule has 302 valence electrons. The van der Waals surface area contributed by atoms with Gasteiger partial charge in [-0.15, -0.1) is 0 Å². The predicted molar refractivity (Wildman–Crippen MR) is 212 cm³/mol. The molecule has 0 fully saturated rings. The lowest BCUT2D eigenvalue weighted by atomic mass is 10.0. The summed E-state index contributed by atoms with van der Waals surface area (Å²) in [7, 11) is 0. The van der Waals surface area contributed by atoms with Gasteiger partial charge in [0.05, 0.1) is 10.9 Å². The molecule has 2 atom stereocenters. The monoisotopic (exact) mass is 786 g/mol. The molecule has 4 N–H and O–H groups in total. The third kappa shape index (κ3) is 11.8. The van der Waals surface area contributed by atoms with Gasteiger partial charge in [0.1, 0.15) is 12.4 Å². The van der Waals surface area contributed by atoms with Gasteiger partial charge in [0.25, 0.3) is 5.56 Å². The molecule has 0 aliphatic carbocycles. The van der Waals surface area contributed by atoms with Crippen LogP contribution < -0.4 is 5.56 Å². The van der Waals surface area contributed by atoms with Gasteiger partial charge < -0.3 is 34.8 Å². The topological polar surface area (TPSA) is 174 Å². The lowest BCUT2D eigenvalue weighted by molar-refractivity contribution is -0.165. The molecule has 2 unspecified atom stereocenters. The number of para-hydroxylation sites is 1. The minimum absolute atomic E-state index is 0.0468. The number of likely N-dealkylation sites (N-methyl/N-ethyl adjacent to an activating group) is 1. The highest BCUT2D eigenvalue weighted by Crippen LogP contribution is 2.22. The number of rotatable bonds is 17. The molecule has 1 heterocycles. The third-order valence-electron chi connectivity index (χ3n) is 9.67. The van der Waals surface area contributed by atoms with Crippen LogP contribution >= 0.6 is 0 Å². The number of fused-ring (bicyclic) bond motifs is 1. The molecule has 1 amide bonds. The number of carboxylic acid groups (broad SMARTS) is 2. The Kier molecular flexibility index (Phi) is 16.1. The molecule has 0 aliphatic rings. The highest BCUT2D eigenvalue weighted by atomic mass is 19.2. The molecule has 5 rings (SSSR count). The molecule has 0 aliphatic heterocycles. The molecule has 1 aromatic heterocycles. The van der Waals surface area contributed by atoms with Crippen LogP contribution in [0.25, 0.3) is 22.0 Å². The SMILES string of the molecule is CCc1ccc(-c2ccc(CN(CCN(CC)CC)C(=O)Cn3c(CCc4cccc(F)c4F)nc(=O)c4ccccc43)cc2)cc1.O=C(O)C(O)C(O)C(=O)O. The average Bonchev–Trinajstić information content (AvgIpc) is 3.22. The molecule has 0 bridgehead atoms. The fraction of sp³-hybridized carbons (Fsp3) is 0.326. The number of halogens is 2. The summed E-state index contributed by atoms with van der Waals surface area (Å²) in [6, 6.07) is 28.0. The number of hydrogen-bond donors (Lipinski definition) is 4. The molecular formula is C43H48F2N4O8. The first-order chi connectivity index (χ1) is 27.3. The van der Waals surface area contributed by atoms with E-state index in [-0.39, 0.29) is 30.9 Å². The van der Waals surface area contributed by atoms with Gasteiger partial charge in [0.2, 0.25) is 5.91 Å². The van der Waals surface area contributed by atoms with Gasteiger partial charge in [-0.05, 0) is 71.9 Å². The van der Waals surface area contributed by atoms with Gasteiger partial charge in [0, 0.05) is 26.1 Å². The van der Waals surface area contributed by atoms with Crippen molar-refractivity contribution in [1.82, 2.24) is 19.4 Å². The fourth-order valence-electron chi connectivity index (χ4n) is 6.18. The summed E-state index contributed by atoms with van der Waals surface area (Å²) >= 11 is 0. The molecule has 5 aromatic rings. The number of carbonyl (C=O) groups is 3. The number of aliphatic hydroxyl groups excluding tert-OH is 2. The van der Waals surface area contributed by atoms with Crippen LogP contribution in [0.5, 0.6) is 0 Å². The molecule has 0 saturated heterocycles. The van der Waals surface area contributed by atoms with E-state index in [1.165, 1.54) is 17.7 Å². The maximum Gasteiger partial charge on any atom is 0.335 e. The predicted octanol–water partition coefficient (Wildman–Crippen LogP) is 4.94. The zero-order valence-electron chi connectivity index (χ0n) is 32.1. The van der Waals surface area contributed by atoms with Gasteiger partial charge >= 0.3 is 11.9 Å². The van der Waals surface area contributed by atoms with E-state index in [1.807, 2.05) is 11.0 Å². The summed E-state index contributed by atoms with van der Waals surface area (Å²) in [6.45, 7) is 9.71. The molecule has 57 heavy (non-hydrogen) atoms. The van der Waals surface area contributed by atoms with E-state index in [0.717, 1.165) is 48.8 Å². The van der Waals surface area contributed by atoms with Crippen molar-refractivity contribution in [2.75, 3.05) is 26.2 Å². The van der Waals surface area contributed by atoms with Crippen LogP contribution in [-0.2, 0) is 46.7 Å². The molecule has 0 radical (unpaired) electrons. The fourth-order valence-corrected chi connectivity index (χ4v) is 6.18. The van der Waals surface area contributed by atoms with Crippen LogP contribution in [0.3, 0.4) is 0 Å². The number of benzene rings is 4. The van der Waals surface area contributed by atoms with E-state index in [4.69, 9.17) is 20.4 Å². The molecular weight excluding hydrogens is 738 g/mol. The summed E-state index contributed by atoms with van der Waals surface area (Å²) in [5.41, 5.74) is 4.92. The highest BCUT2D eigenvalue weighted by Gasteiger charge is 2.29. The number of aliphatic hydroxyl groups is 2. The number of aliphatic carboxylic acids is 2. The van der Waals surface area contributed by atoms with Crippen molar-refractivity contribution in [1.29, 1.82) is 0 Å². The lowest BCUT2D eigenvalue weighted by Gasteiger charge is -2.28. The highest BCUT2D eigenvalue weighted by molar-refractivity contribution is 5.83. The molecule has 0 spiro atoms. The molecule has 12 nitrogen and oxygen atoms in total. The summed E-state index contributed by atoms with van der Waals surface area (Å²) in [4.78, 5) is 55.2. The average molecular weight is 787 g/mol. The number of carbonyl (C=O) groups excluding carboxylic acids is 1. The Morgan fingerprint density at radius 3 is 1.88 bits per heavy atom. The van der Waals surface area contributed by atoms with Crippen LogP contribution in [0.1, 0.15) is 43.3 Å². The van der Waals surface area contributed by atoms with E-state index in [0.29, 0.717) is 29.8 Å². The first-order valence-corrected chi connectivity index (χ1v) is 18.7. The van der Waals surface area contributed by atoms with E-state index >= 15 is 0 Å². The maximum atomic E-state index is 14.5. The third-order valence-corrected chi connectivity index (χ3v) is 9.67. The Hall–Kier alpha value is -5.83. The second kappa shape index (κ2) is 20.9. The number of carboxylic acids is 2. The first kappa shape index (κ1) is 43.9. The van der Waals surface area contributed by atoms with E-state index in [2.05, 4.69) is 79.2 Å². The summed E-state index contributed by atoms with van der Waals surface area (Å²) in [5.74, 6) is -5.14. The maximum absolute atomic E-state index is 14.5. The van der Waals surface area contributed by atoms with Gasteiger partial charge in [0.15, 0.2) is 23.8 Å². The van der Waals surface area contributed by atoms with Crippen molar-refractivity contribution in [2.45, 2.75) is 65.3 Å². The minimum Gasteiger partial charge on any atom is -0.479 e. The number of aryl methyl sites for hydroxylation is 3. The van der Waals surface area contributed by atoms with Crippen LogP contribution in [0.15, 0.2) is 95.8 Å². The van der Waals surface area contributed by atoms with E-state index < -0.39 is 41.3 Å². The van der Waals surface area contributed by atoms with Crippen molar-refractivity contribution in [3.8, 4) is 11.1 Å². The quantitative estimate of drug-likeness (QED) is 0.101. The van der Waals surface area contributed by atoms with Crippen molar-refractivity contribution in [3.05, 3.63) is 135 Å². The summed E-state index contributed by atoms with van der Waals surface area (Å²) in [6.07, 6.45) is -3.25. The van der Waals surface area contributed by atoms with E-state index in [9.17, 15) is 28.0 Å². The summed E-state index contributed by atoms with van der Waals surface area (Å²) in [5, 5.41) is 32.9. The first-order valence-electron chi connectivity index (χ1n) is 18.7. The van der Waals surface area contributed by atoms with Crippen LogP contribution in [0, 0.1) is 11.6 Å². The second-order valence-electron chi connectivity index (χ2n) is 13.3. The zero-order chi connectivity index (χ0) is 41.6. The Morgan fingerprint density at radius 2 is 1.32 bits per heavy atom. The number of hydrogen-bond acceptors (Lipinski definition) is 8. The molecule has 14 heteroatoms. The molecule has 0 saturated carbocycles. The molecule has 4 aromatic carbocycles. The second-order valence-corrected chi connectivity index (χ2v) is 13.3. The smallest absolute Gasteiger partial charge is 0.335 e.